The zero-order valence-corrected chi connectivity index (χ0v) is 34.1. The van der Waals surface area contributed by atoms with Crippen molar-refractivity contribution in [3.05, 3.63) is 156 Å². The number of carbonyl (C=O) groups excluding carboxylic acids is 1. The molecule has 11 nitrogen and oxygen atoms in total. The van der Waals surface area contributed by atoms with Gasteiger partial charge in [-0.3, -0.25) is 14.8 Å². The van der Waals surface area contributed by atoms with E-state index in [2.05, 4.69) is 132 Å². The largest absolute Gasteiger partial charge is 0.456 e. The third-order valence-corrected chi connectivity index (χ3v) is 12.7. The van der Waals surface area contributed by atoms with Crippen molar-refractivity contribution in [1.29, 1.82) is 5.26 Å². The van der Waals surface area contributed by atoms with Gasteiger partial charge in [0.2, 0.25) is 0 Å². The highest BCUT2D eigenvalue weighted by molar-refractivity contribution is 5.89. The normalized spacial score (nSPS) is 22.1. The van der Waals surface area contributed by atoms with Crippen LogP contribution in [0.25, 0.3) is 11.2 Å². The summed E-state index contributed by atoms with van der Waals surface area (Å²) in [6, 6.07) is 42.6. The molecule has 0 bridgehead atoms. The topological polar surface area (TPSA) is 144 Å². The van der Waals surface area contributed by atoms with Crippen LogP contribution in [0.15, 0.2) is 134 Å². The number of benzene rings is 4. The van der Waals surface area contributed by atoms with Crippen LogP contribution in [0.3, 0.4) is 0 Å². The molecule has 5 atom stereocenters. The van der Waals surface area contributed by atoms with Gasteiger partial charge in [0, 0.05) is 42.4 Å². The maximum atomic E-state index is 14.4. The number of anilines is 1. The van der Waals surface area contributed by atoms with Gasteiger partial charge in [-0.2, -0.15) is 5.26 Å². The molecule has 0 saturated carbocycles. The third-order valence-electron chi connectivity index (χ3n) is 12.7. The van der Waals surface area contributed by atoms with Gasteiger partial charge in [-0.05, 0) is 69.4 Å². The minimum absolute atomic E-state index is 0.188. The number of ether oxygens (including phenoxy) is 2. The van der Waals surface area contributed by atoms with Crippen molar-refractivity contribution in [2.45, 2.75) is 94.5 Å². The van der Waals surface area contributed by atoms with Gasteiger partial charge in [-0.1, -0.05) is 109 Å². The molecule has 2 fully saturated rings. The monoisotopic (exact) mass is 788 g/mol. The van der Waals surface area contributed by atoms with Crippen molar-refractivity contribution >= 4 is 23.0 Å². The molecule has 2 aliphatic heterocycles. The van der Waals surface area contributed by atoms with Crippen LogP contribution in [0.2, 0.25) is 0 Å². The number of imidazole rings is 1. The summed E-state index contributed by atoms with van der Waals surface area (Å²) in [5.74, 6) is -0.320. The number of hydrogen-bond acceptors (Lipinski definition) is 10. The van der Waals surface area contributed by atoms with Crippen molar-refractivity contribution in [1.82, 2.24) is 29.7 Å². The first-order chi connectivity index (χ1) is 28.5. The highest BCUT2D eigenvalue weighted by Crippen LogP contribution is 2.49. The number of likely N-dealkylation sites (tertiary alicyclic amines) is 1. The second-order valence-corrected chi connectivity index (χ2v) is 16.9. The summed E-state index contributed by atoms with van der Waals surface area (Å²) in [7, 11) is 0. The molecule has 4 heterocycles. The number of aromatic nitrogens is 4. The fourth-order valence-corrected chi connectivity index (χ4v) is 9.92. The van der Waals surface area contributed by atoms with Crippen molar-refractivity contribution < 1.29 is 14.3 Å². The van der Waals surface area contributed by atoms with E-state index in [-0.39, 0.29) is 17.3 Å². The van der Waals surface area contributed by atoms with E-state index in [0.29, 0.717) is 36.1 Å². The van der Waals surface area contributed by atoms with Crippen LogP contribution < -0.4 is 11.1 Å². The SMILES string of the molecule is CC1(C)CCC(C(OC(=O)c2ccccc2)[C@H]2O[C@@H](n3cnc4c(N)ncnc43)C[C@@H]2NC(c2ccccc2)(c2ccccc2)c2ccccc2)C(C)(C)N1CCC#N. The van der Waals surface area contributed by atoms with Crippen LogP contribution >= 0.6 is 0 Å². The van der Waals surface area contributed by atoms with E-state index in [1.54, 1.807) is 18.5 Å². The van der Waals surface area contributed by atoms with Crippen LogP contribution in [0.4, 0.5) is 5.82 Å². The first-order valence-corrected chi connectivity index (χ1v) is 20.5. The summed E-state index contributed by atoms with van der Waals surface area (Å²) in [5, 5.41) is 14.0. The molecule has 0 radical (unpaired) electrons. The Balaban J connectivity index is 1.32. The average Bonchev–Trinajstić information content (AvgIpc) is 3.88. The second kappa shape index (κ2) is 16.4. The van der Waals surface area contributed by atoms with Gasteiger partial charge in [-0.15, -0.1) is 0 Å². The maximum absolute atomic E-state index is 14.4. The zero-order chi connectivity index (χ0) is 41.2. The van der Waals surface area contributed by atoms with E-state index in [1.165, 1.54) is 6.33 Å². The Kier molecular flexibility index (Phi) is 11.1. The van der Waals surface area contributed by atoms with Crippen molar-refractivity contribution in [3.8, 4) is 6.07 Å². The smallest absolute Gasteiger partial charge is 0.338 e. The number of nitriles is 1. The molecular weight excluding hydrogens is 737 g/mol. The fourth-order valence-electron chi connectivity index (χ4n) is 9.92. The van der Waals surface area contributed by atoms with Gasteiger partial charge in [0.1, 0.15) is 30.3 Å². The lowest BCUT2D eigenvalue weighted by molar-refractivity contribution is -0.148. The maximum Gasteiger partial charge on any atom is 0.338 e. The molecule has 302 valence electrons. The first-order valence-electron chi connectivity index (χ1n) is 20.5. The van der Waals surface area contributed by atoms with Gasteiger partial charge in [-0.25, -0.2) is 19.7 Å². The predicted molar refractivity (Wildman–Crippen MR) is 228 cm³/mol. The zero-order valence-electron chi connectivity index (χ0n) is 34.1. The van der Waals surface area contributed by atoms with Gasteiger partial charge in [0.15, 0.2) is 11.5 Å². The molecule has 4 aromatic carbocycles. The summed E-state index contributed by atoms with van der Waals surface area (Å²) >= 11 is 0. The number of fused-ring (bicyclic) bond motifs is 1. The number of piperidine rings is 1. The van der Waals surface area contributed by atoms with Crippen LogP contribution in [0, 0.1) is 17.2 Å². The van der Waals surface area contributed by atoms with Crippen LogP contribution in [0.1, 0.15) is 86.7 Å². The number of nitrogens with one attached hydrogen (secondary N) is 1. The van der Waals surface area contributed by atoms with Crippen molar-refractivity contribution in [2.75, 3.05) is 12.3 Å². The minimum Gasteiger partial charge on any atom is -0.456 e. The lowest BCUT2D eigenvalue weighted by Gasteiger charge is -2.58. The lowest BCUT2D eigenvalue weighted by Crippen LogP contribution is -2.67. The Morgan fingerprint density at radius 2 is 1.47 bits per heavy atom. The summed E-state index contributed by atoms with van der Waals surface area (Å²) in [5.41, 5.74) is 9.40. The summed E-state index contributed by atoms with van der Waals surface area (Å²) in [6.07, 6.45) is 3.66. The fraction of sp³-hybridized carbons (Fsp3) is 0.354. The Labute approximate surface area is 346 Å². The van der Waals surface area contributed by atoms with Crippen LogP contribution in [-0.4, -0.2) is 66.3 Å². The number of nitrogens with two attached hydrogens (primary N) is 1. The molecule has 59 heavy (non-hydrogen) atoms. The number of nitrogens with zero attached hydrogens (tertiary/aromatic N) is 6. The molecule has 0 spiro atoms. The molecule has 0 amide bonds. The van der Waals surface area contributed by atoms with E-state index in [1.807, 2.05) is 41.0 Å². The third kappa shape index (κ3) is 7.48. The molecular formula is C48H52N8O3. The Bertz CT molecular complexity index is 2300. The molecule has 2 saturated heterocycles. The van der Waals surface area contributed by atoms with Crippen molar-refractivity contribution in [3.63, 3.8) is 0 Å². The van der Waals surface area contributed by atoms with Gasteiger partial charge >= 0.3 is 5.97 Å². The Morgan fingerprint density at radius 3 is 2.05 bits per heavy atom. The summed E-state index contributed by atoms with van der Waals surface area (Å²) in [4.78, 5) is 30.3. The van der Waals surface area contributed by atoms with Crippen molar-refractivity contribution in [2.24, 2.45) is 5.92 Å². The average molecular weight is 789 g/mol. The van der Waals surface area contributed by atoms with Gasteiger partial charge in [0.05, 0.1) is 23.5 Å². The number of esters is 1. The predicted octanol–water partition coefficient (Wildman–Crippen LogP) is 8.05. The quantitative estimate of drug-likeness (QED) is 0.0924. The van der Waals surface area contributed by atoms with E-state index in [0.717, 1.165) is 29.5 Å². The molecule has 0 aliphatic carbocycles. The number of rotatable bonds is 12. The van der Waals surface area contributed by atoms with E-state index >= 15 is 0 Å². The Morgan fingerprint density at radius 1 is 0.898 bits per heavy atom. The van der Waals surface area contributed by atoms with E-state index in [9.17, 15) is 10.1 Å². The standard InChI is InChI=1S/C48H52N8O3/c1-46(2)27-26-37(47(3,4)56(46)29-17-28-49)41(59-45(57)33-18-9-5-10-19-33)42-38(30-39(58-42)55-32-53-40-43(50)51-31-52-44(40)55)54-48(34-20-11-6-12-21-34,35-22-13-7-14-23-35)36-24-15-8-16-25-36/h5-16,18-25,31-32,37-39,41-42,54H,17,26-27,29-30H2,1-4H3,(H2,50,51,52)/t37?,38-,39+,41?,42-/m0/s1. The lowest BCUT2D eigenvalue weighted by atomic mass is 9.68. The summed E-state index contributed by atoms with van der Waals surface area (Å²) < 4.78 is 16.1. The first kappa shape index (κ1) is 39.9. The number of hydrogen-bond donors (Lipinski definition) is 2. The van der Waals surface area contributed by atoms with Crippen LogP contribution in [0.5, 0.6) is 0 Å². The van der Waals surface area contributed by atoms with E-state index in [4.69, 9.17) is 15.2 Å². The highest BCUT2D eigenvalue weighted by atomic mass is 16.6. The highest BCUT2D eigenvalue weighted by Gasteiger charge is 2.56. The minimum atomic E-state index is -0.856. The molecule has 2 aliphatic rings. The second-order valence-electron chi connectivity index (χ2n) is 16.9. The molecule has 11 heteroatoms. The molecule has 2 unspecified atom stereocenters. The molecule has 2 aromatic heterocycles. The van der Waals surface area contributed by atoms with Crippen LogP contribution in [-0.2, 0) is 15.0 Å². The molecule has 8 rings (SSSR count). The number of nitrogen functional groups attached to an aromatic ring is 1. The Hall–Kier alpha value is -5.93. The molecule has 6 aromatic rings. The number of carbonyl (C=O) groups is 1. The van der Waals surface area contributed by atoms with Gasteiger partial charge in [0.25, 0.3) is 0 Å². The molecule has 3 N–H and O–H groups in total. The summed E-state index contributed by atoms with van der Waals surface area (Å²) in [6.45, 7) is 9.51. The van der Waals surface area contributed by atoms with Gasteiger partial charge < -0.3 is 15.2 Å². The van der Waals surface area contributed by atoms with E-state index < -0.39 is 41.5 Å².